The van der Waals surface area contributed by atoms with E-state index in [-0.39, 0.29) is 31.9 Å². The molecule has 0 bridgehead atoms. The number of benzene rings is 2. The summed E-state index contributed by atoms with van der Waals surface area (Å²) in [4.78, 5) is 54.7. The molecule has 4 amide bonds. The van der Waals surface area contributed by atoms with Crippen molar-refractivity contribution in [2.45, 2.75) is 37.3 Å². The second-order valence-corrected chi connectivity index (χ2v) is 12.4. The van der Waals surface area contributed by atoms with Crippen LogP contribution in [0.25, 0.3) is 0 Å². The van der Waals surface area contributed by atoms with Crippen LogP contribution in [0, 0.1) is 0 Å². The highest BCUT2D eigenvalue weighted by Crippen LogP contribution is 2.13. The van der Waals surface area contributed by atoms with Crippen LogP contribution in [0.3, 0.4) is 0 Å². The third kappa shape index (κ3) is 9.28. The normalized spacial score (nSPS) is 18.5. The molecule has 0 aliphatic carbocycles. The highest BCUT2D eigenvalue weighted by molar-refractivity contribution is 7.90. The monoisotopic (exact) mass is 600 g/mol. The van der Waals surface area contributed by atoms with E-state index in [2.05, 4.69) is 10.6 Å². The zero-order valence-electron chi connectivity index (χ0n) is 23.3. The molecular weight excluding hydrogens is 564 g/mol. The standard InChI is InChI=1S/C29H36N4O8S/c34-26-18-33(29(37)41-19-22-8-3-1-4-9-22)13-7-12-24(26)30-27(35)25(31-28(36)32-14-16-40-17-15-32)21-42(38,39)20-23-10-5-2-6-11-23/h1-6,8-11,24-25H,7,12-21H2,(H,30,35)(H,31,36). The van der Waals surface area contributed by atoms with E-state index in [1.807, 2.05) is 30.3 Å². The maximum absolute atomic E-state index is 13.4. The zero-order valence-corrected chi connectivity index (χ0v) is 24.1. The summed E-state index contributed by atoms with van der Waals surface area (Å²) in [5, 5.41) is 5.18. The van der Waals surface area contributed by atoms with Crippen molar-refractivity contribution < 1.29 is 37.1 Å². The van der Waals surface area contributed by atoms with E-state index >= 15 is 0 Å². The van der Waals surface area contributed by atoms with Gasteiger partial charge >= 0.3 is 12.1 Å². The topological polar surface area (TPSA) is 151 Å². The van der Waals surface area contributed by atoms with Gasteiger partial charge in [-0.1, -0.05) is 60.7 Å². The fraction of sp³-hybridized carbons (Fsp3) is 0.448. The summed E-state index contributed by atoms with van der Waals surface area (Å²) in [6.07, 6.45) is 0.0177. The van der Waals surface area contributed by atoms with Gasteiger partial charge in [-0.15, -0.1) is 0 Å². The summed E-state index contributed by atoms with van der Waals surface area (Å²) in [6.45, 7) is 1.31. The fourth-order valence-corrected chi connectivity index (χ4v) is 6.31. The van der Waals surface area contributed by atoms with Crippen molar-refractivity contribution in [2.75, 3.05) is 45.1 Å². The second kappa shape index (κ2) is 14.8. The van der Waals surface area contributed by atoms with Crippen molar-refractivity contribution in [1.29, 1.82) is 0 Å². The predicted octanol–water partition coefficient (Wildman–Crippen LogP) is 1.50. The molecule has 2 fully saturated rings. The lowest BCUT2D eigenvalue weighted by molar-refractivity contribution is -0.128. The highest BCUT2D eigenvalue weighted by atomic mass is 32.2. The number of carbonyl (C=O) groups excluding carboxylic acids is 4. The maximum atomic E-state index is 13.4. The van der Waals surface area contributed by atoms with Crippen LogP contribution in [0.2, 0.25) is 0 Å². The van der Waals surface area contributed by atoms with Gasteiger partial charge in [0.15, 0.2) is 15.6 Å². The first-order valence-electron chi connectivity index (χ1n) is 13.9. The molecule has 2 aromatic carbocycles. The molecule has 0 aromatic heterocycles. The number of hydrogen-bond donors (Lipinski definition) is 2. The summed E-state index contributed by atoms with van der Waals surface area (Å²) >= 11 is 0. The van der Waals surface area contributed by atoms with Crippen LogP contribution < -0.4 is 10.6 Å². The van der Waals surface area contributed by atoms with Gasteiger partial charge < -0.3 is 29.9 Å². The lowest BCUT2D eigenvalue weighted by Crippen LogP contribution is -2.57. The van der Waals surface area contributed by atoms with Crippen molar-refractivity contribution in [3.8, 4) is 0 Å². The molecule has 13 heteroatoms. The lowest BCUT2D eigenvalue weighted by atomic mass is 10.1. The number of amides is 4. The Morgan fingerprint density at radius 3 is 2.24 bits per heavy atom. The molecule has 2 aliphatic rings. The summed E-state index contributed by atoms with van der Waals surface area (Å²) in [5.74, 6) is -2.16. The number of carbonyl (C=O) groups is 4. The molecule has 2 N–H and O–H groups in total. The number of rotatable bonds is 9. The Bertz CT molecular complexity index is 1330. The first-order valence-corrected chi connectivity index (χ1v) is 15.7. The van der Waals surface area contributed by atoms with Gasteiger partial charge in [-0.05, 0) is 24.0 Å². The Morgan fingerprint density at radius 2 is 1.57 bits per heavy atom. The summed E-state index contributed by atoms with van der Waals surface area (Å²) < 4.78 is 36.8. The first kappa shape index (κ1) is 31.0. The van der Waals surface area contributed by atoms with Crippen LogP contribution >= 0.6 is 0 Å². The van der Waals surface area contributed by atoms with E-state index in [9.17, 15) is 27.6 Å². The second-order valence-electron chi connectivity index (χ2n) is 10.3. The molecule has 0 saturated carbocycles. The largest absolute Gasteiger partial charge is 0.445 e. The minimum Gasteiger partial charge on any atom is -0.445 e. The average molecular weight is 601 g/mol. The van der Waals surface area contributed by atoms with Crippen LogP contribution in [0.4, 0.5) is 9.59 Å². The SMILES string of the molecule is O=C1CN(C(=O)OCc2ccccc2)CCCC1NC(=O)C(CS(=O)(=O)Cc1ccccc1)NC(=O)N1CCOCC1. The van der Waals surface area contributed by atoms with E-state index in [0.29, 0.717) is 38.3 Å². The van der Waals surface area contributed by atoms with E-state index in [1.165, 1.54) is 9.80 Å². The van der Waals surface area contributed by atoms with Crippen LogP contribution in [0.15, 0.2) is 60.7 Å². The number of nitrogens with zero attached hydrogens (tertiary/aromatic N) is 2. The van der Waals surface area contributed by atoms with Gasteiger partial charge in [0.1, 0.15) is 12.6 Å². The maximum Gasteiger partial charge on any atom is 0.410 e. The Hall–Kier alpha value is -3.97. The summed E-state index contributed by atoms with van der Waals surface area (Å²) in [6, 6.07) is 14.7. The van der Waals surface area contributed by atoms with Crippen molar-refractivity contribution >= 4 is 33.7 Å². The molecule has 2 unspecified atom stereocenters. The van der Waals surface area contributed by atoms with Crippen LogP contribution in [-0.4, -0.2) is 99.3 Å². The number of urea groups is 1. The molecule has 42 heavy (non-hydrogen) atoms. The molecule has 0 radical (unpaired) electrons. The minimum absolute atomic E-state index is 0.0620. The van der Waals surface area contributed by atoms with Crippen LogP contribution in [-0.2, 0) is 41.3 Å². The van der Waals surface area contributed by atoms with Crippen molar-refractivity contribution in [2.24, 2.45) is 0 Å². The smallest absolute Gasteiger partial charge is 0.410 e. The Morgan fingerprint density at radius 1 is 0.929 bits per heavy atom. The molecule has 12 nitrogen and oxygen atoms in total. The van der Waals surface area contributed by atoms with Crippen molar-refractivity contribution in [1.82, 2.24) is 20.4 Å². The molecule has 0 spiro atoms. The van der Waals surface area contributed by atoms with Gasteiger partial charge in [0.05, 0.1) is 37.3 Å². The van der Waals surface area contributed by atoms with E-state index < -0.39 is 51.5 Å². The third-order valence-corrected chi connectivity index (χ3v) is 8.61. The van der Waals surface area contributed by atoms with Crippen molar-refractivity contribution in [3.05, 3.63) is 71.8 Å². The number of Topliss-reactive ketones (excluding diaryl/α,β-unsaturated/α-hetero) is 1. The quantitative estimate of drug-likeness (QED) is 0.440. The van der Waals surface area contributed by atoms with Gasteiger partial charge in [0.2, 0.25) is 5.91 Å². The first-order chi connectivity index (χ1) is 20.2. The number of morpholine rings is 1. The van der Waals surface area contributed by atoms with Gasteiger partial charge in [-0.3, -0.25) is 9.59 Å². The number of sulfone groups is 1. The Kier molecular flexibility index (Phi) is 10.9. The van der Waals surface area contributed by atoms with E-state index in [0.717, 1.165) is 5.56 Å². The van der Waals surface area contributed by atoms with Crippen molar-refractivity contribution in [3.63, 3.8) is 0 Å². The lowest BCUT2D eigenvalue weighted by Gasteiger charge is -2.29. The number of likely N-dealkylation sites (tertiary alicyclic amines) is 1. The predicted molar refractivity (Wildman–Crippen MR) is 153 cm³/mol. The van der Waals surface area contributed by atoms with E-state index in [1.54, 1.807) is 30.3 Å². The van der Waals surface area contributed by atoms with E-state index in [4.69, 9.17) is 9.47 Å². The molecule has 2 aromatic rings. The van der Waals surface area contributed by atoms with Crippen LogP contribution in [0.1, 0.15) is 24.0 Å². The molecule has 4 rings (SSSR count). The van der Waals surface area contributed by atoms with Crippen LogP contribution in [0.5, 0.6) is 0 Å². The molecule has 2 saturated heterocycles. The number of ether oxygens (including phenoxy) is 2. The molecule has 226 valence electrons. The highest BCUT2D eigenvalue weighted by Gasteiger charge is 2.34. The fourth-order valence-electron chi connectivity index (χ4n) is 4.75. The number of nitrogens with one attached hydrogen (secondary N) is 2. The Labute approximate surface area is 245 Å². The average Bonchev–Trinajstić information content (AvgIpc) is 3.17. The summed E-state index contributed by atoms with van der Waals surface area (Å²) in [5.41, 5.74) is 1.36. The molecular formula is C29H36N4O8S. The van der Waals surface area contributed by atoms with Gasteiger partial charge in [0.25, 0.3) is 0 Å². The number of ketones is 1. The Balaban J connectivity index is 1.39. The minimum atomic E-state index is -3.84. The molecule has 2 aliphatic heterocycles. The molecule has 2 heterocycles. The zero-order chi connectivity index (χ0) is 30.0. The van der Waals surface area contributed by atoms with Gasteiger partial charge in [-0.2, -0.15) is 0 Å². The van der Waals surface area contributed by atoms with Gasteiger partial charge in [0, 0.05) is 19.6 Å². The molecule has 2 atom stereocenters. The third-order valence-electron chi connectivity index (χ3n) is 7.00. The van der Waals surface area contributed by atoms with Gasteiger partial charge in [-0.25, -0.2) is 18.0 Å². The number of hydrogen-bond acceptors (Lipinski definition) is 8. The summed E-state index contributed by atoms with van der Waals surface area (Å²) in [7, 11) is -3.84.